The van der Waals surface area contributed by atoms with Crippen LogP contribution in [0.2, 0.25) is 0 Å². The lowest BCUT2D eigenvalue weighted by Crippen LogP contribution is -2.25. The van der Waals surface area contributed by atoms with Crippen molar-refractivity contribution in [1.29, 1.82) is 0 Å². The van der Waals surface area contributed by atoms with Crippen molar-refractivity contribution in [3.63, 3.8) is 0 Å². The molecule has 5 nitrogen and oxygen atoms in total. The Balaban J connectivity index is 2.24. The zero-order valence-electron chi connectivity index (χ0n) is 14.3. The van der Waals surface area contributed by atoms with Gasteiger partial charge < -0.3 is 0 Å². The molecule has 0 aliphatic heterocycles. The van der Waals surface area contributed by atoms with Gasteiger partial charge in [0.2, 0.25) is 10.0 Å². The molecule has 0 amide bonds. The zero-order valence-corrected chi connectivity index (χ0v) is 15.1. The second-order valence-electron chi connectivity index (χ2n) is 5.78. The number of hydrogen-bond acceptors (Lipinski definition) is 3. The third-order valence-corrected chi connectivity index (χ3v) is 5.53. The molecule has 0 radical (unpaired) electrons. The van der Waals surface area contributed by atoms with Crippen LogP contribution in [0.3, 0.4) is 0 Å². The summed E-state index contributed by atoms with van der Waals surface area (Å²) in [6.45, 7) is 7.15. The van der Waals surface area contributed by atoms with Gasteiger partial charge in [-0.05, 0) is 20.3 Å². The van der Waals surface area contributed by atoms with E-state index in [0.717, 1.165) is 12.8 Å². The predicted molar refractivity (Wildman–Crippen MR) is 90.4 cm³/mol. The van der Waals surface area contributed by atoms with Crippen LogP contribution in [0.25, 0.3) is 0 Å². The molecule has 1 aromatic rings. The van der Waals surface area contributed by atoms with Gasteiger partial charge in [-0.2, -0.15) is 5.10 Å². The summed E-state index contributed by atoms with van der Waals surface area (Å²) in [5.74, 6) is 0. The summed E-state index contributed by atoms with van der Waals surface area (Å²) in [5.41, 5.74) is 0.700. The lowest BCUT2D eigenvalue weighted by molar-refractivity contribution is 0.558. The molecule has 1 rings (SSSR count). The number of aromatic nitrogens is 2. The topological polar surface area (TPSA) is 64.0 Å². The fourth-order valence-corrected chi connectivity index (χ4v) is 3.80. The van der Waals surface area contributed by atoms with E-state index in [1.165, 1.54) is 44.7 Å². The van der Waals surface area contributed by atoms with Crippen LogP contribution in [0, 0.1) is 6.92 Å². The van der Waals surface area contributed by atoms with Gasteiger partial charge in [-0.3, -0.25) is 4.68 Å². The molecule has 128 valence electrons. The van der Waals surface area contributed by atoms with Crippen molar-refractivity contribution in [1.82, 2.24) is 14.5 Å². The Morgan fingerprint density at radius 2 is 1.64 bits per heavy atom. The van der Waals surface area contributed by atoms with Crippen LogP contribution < -0.4 is 4.72 Å². The largest absolute Gasteiger partial charge is 0.269 e. The molecule has 0 unspecified atom stereocenters. The minimum absolute atomic E-state index is 0.300. The van der Waals surface area contributed by atoms with E-state index in [-0.39, 0.29) is 0 Å². The van der Waals surface area contributed by atoms with Gasteiger partial charge in [-0.25, -0.2) is 13.1 Å². The highest BCUT2D eigenvalue weighted by Gasteiger charge is 2.19. The maximum absolute atomic E-state index is 12.2. The van der Waals surface area contributed by atoms with Gasteiger partial charge in [0, 0.05) is 13.1 Å². The van der Waals surface area contributed by atoms with E-state index in [1.54, 1.807) is 11.6 Å². The molecule has 1 heterocycles. The van der Waals surface area contributed by atoms with Crippen molar-refractivity contribution in [3.8, 4) is 0 Å². The molecule has 0 aromatic carbocycles. The fraction of sp³-hybridized carbons (Fsp3) is 0.812. The highest BCUT2D eigenvalue weighted by Crippen LogP contribution is 2.14. The Bertz CT molecular complexity index is 523. The van der Waals surface area contributed by atoms with Crippen LogP contribution in [-0.2, 0) is 16.6 Å². The van der Waals surface area contributed by atoms with Gasteiger partial charge in [-0.15, -0.1) is 0 Å². The van der Waals surface area contributed by atoms with Gasteiger partial charge in [-0.1, -0.05) is 51.9 Å². The number of rotatable bonds is 12. The second-order valence-corrected chi connectivity index (χ2v) is 7.52. The summed E-state index contributed by atoms with van der Waals surface area (Å²) >= 11 is 0. The Kier molecular flexibility index (Phi) is 8.71. The second kappa shape index (κ2) is 10.0. The Labute approximate surface area is 135 Å². The number of sulfonamides is 1. The molecule has 0 saturated heterocycles. The van der Waals surface area contributed by atoms with Crippen LogP contribution in [0.15, 0.2) is 11.1 Å². The molecular formula is C16H31N3O2S. The average Bonchev–Trinajstić information content (AvgIpc) is 2.87. The number of hydrogen-bond donors (Lipinski definition) is 1. The third kappa shape index (κ3) is 6.08. The zero-order chi connectivity index (χ0) is 16.4. The van der Waals surface area contributed by atoms with E-state index in [2.05, 4.69) is 16.7 Å². The average molecular weight is 330 g/mol. The molecule has 0 fully saturated rings. The lowest BCUT2D eigenvalue weighted by Gasteiger charge is -2.07. The van der Waals surface area contributed by atoms with Gasteiger partial charge in [0.05, 0.1) is 11.9 Å². The first kappa shape index (κ1) is 19.2. The third-order valence-electron chi connectivity index (χ3n) is 3.97. The van der Waals surface area contributed by atoms with Crippen molar-refractivity contribution in [2.45, 2.75) is 83.6 Å². The first-order valence-corrected chi connectivity index (χ1v) is 10.0. The number of unbranched alkanes of at least 4 members (excludes halogenated alkanes) is 7. The quantitative estimate of drug-likeness (QED) is 0.596. The van der Waals surface area contributed by atoms with Gasteiger partial charge in [0.1, 0.15) is 4.90 Å². The summed E-state index contributed by atoms with van der Waals surface area (Å²) in [4.78, 5) is 0.300. The maximum atomic E-state index is 12.2. The van der Waals surface area contributed by atoms with Crippen LogP contribution in [0.4, 0.5) is 0 Å². The van der Waals surface area contributed by atoms with Crippen LogP contribution in [0.5, 0.6) is 0 Å². The van der Waals surface area contributed by atoms with Crippen molar-refractivity contribution >= 4 is 10.0 Å². The van der Waals surface area contributed by atoms with Gasteiger partial charge in [0.25, 0.3) is 0 Å². The molecule has 22 heavy (non-hydrogen) atoms. The summed E-state index contributed by atoms with van der Waals surface area (Å²) in [7, 11) is -3.42. The Morgan fingerprint density at radius 3 is 2.18 bits per heavy atom. The van der Waals surface area contributed by atoms with E-state index in [1.807, 2.05) is 6.92 Å². The smallest absolute Gasteiger partial charge is 0.243 e. The SMILES string of the molecule is CCCCCCCCCCNS(=O)(=O)c1cnn(CC)c1C. The highest BCUT2D eigenvalue weighted by molar-refractivity contribution is 7.89. The Morgan fingerprint density at radius 1 is 1.05 bits per heavy atom. The molecule has 0 spiro atoms. The number of nitrogens with zero attached hydrogens (tertiary/aromatic N) is 2. The molecular weight excluding hydrogens is 298 g/mol. The molecule has 1 aromatic heterocycles. The maximum Gasteiger partial charge on any atom is 0.243 e. The summed E-state index contributed by atoms with van der Waals surface area (Å²) < 4.78 is 28.8. The first-order chi connectivity index (χ1) is 10.5. The molecule has 0 saturated carbocycles. The lowest BCUT2D eigenvalue weighted by atomic mass is 10.1. The summed E-state index contributed by atoms with van der Waals surface area (Å²) in [6.07, 6.45) is 11.1. The van der Waals surface area contributed by atoms with Crippen LogP contribution in [0.1, 0.15) is 70.9 Å². The molecule has 0 bridgehead atoms. The standard InChI is InChI=1S/C16H31N3O2S/c1-4-6-7-8-9-10-11-12-13-18-22(20,21)16-14-17-19(5-2)15(16)3/h14,18H,4-13H2,1-3H3. The first-order valence-electron chi connectivity index (χ1n) is 8.55. The normalized spacial score (nSPS) is 12.0. The minimum Gasteiger partial charge on any atom is -0.269 e. The minimum atomic E-state index is -3.42. The number of aryl methyl sites for hydroxylation is 1. The van der Waals surface area contributed by atoms with E-state index in [9.17, 15) is 8.42 Å². The molecule has 6 heteroatoms. The van der Waals surface area contributed by atoms with Gasteiger partial charge >= 0.3 is 0 Å². The molecule has 0 aliphatic rings. The van der Waals surface area contributed by atoms with Crippen molar-refractivity contribution < 1.29 is 8.42 Å². The van der Waals surface area contributed by atoms with Crippen molar-refractivity contribution in [2.75, 3.05) is 6.54 Å². The fourth-order valence-electron chi connectivity index (χ4n) is 2.56. The monoisotopic (exact) mass is 329 g/mol. The highest BCUT2D eigenvalue weighted by atomic mass is 32.2. The van der Waals surface area contributed by atoms with E-state index >= 15 is 0 Å². The molecule has 0 aliphatic carbocycles. The summed E-state index contributed by atoms with van der Waals surface area (Å²) in [6, 6.07) is 0. The summed E-state index contributed by atoms with van der Waals surface area (Å²) in [5, 5.41) is 4.09. The molecule has 1 N–H and O–H groups in total. The van der Waals surface area contributed by atoms with E-state index in [0.29, 0.717) is 23.7 Å². The van der Waals surface area contributed by atoms with Gasteiger partial charge in [0.15, 0.2) is 0 Å². The van der Waals surface area contributed by atoms with Crippen LogP contribution >= 0.6 is 0 Å². The molecule has 0 atom stereocenters. The van der Waals surface area contributed by atoms with E-state index < -0.39 is 10.0 Å². The number of nitrogens with one attached hydrogen (secondary N) is 1. The van der Waals surface area contributed by atoms with Crippen molar-refractivity contribution in [2.24, 2.45) is 0 Å². The van der Waals surface area contributed by atoms with Crippen LogP contribution in [-0.4, -0.2) is 24.7 Å². The van der Waals surface area contributed by atoms with Crippen molar-refractivity contribution in [3.05, 3.63) is 11.9 Å². The Hall–Kier alpha value is -0.880. The van der Waals surface area contributed by atoms with E-state index in [4.69, 9.17) is 0 Å². The predicted octanol–water partition coefficient (Wildman–Crippen LogP) is 3.63.